The first-order valence-corrected chi connectivity index (χ1v) is 9.31. The van der Waals surface area contributed by atoms with E-state index in [1.54, 1.807) is 33.1 Å². The zero-order chi connectivity index (χ0) is 18.2. The summed E-state index contributed by atoms with van der Waals surface area (Å²) in [5.41, 5.74) is 0.869. The molecule has 0 bridgehead atoms. The molecule has 0 unspecified atom stereocenters. The van der Waals surface area contributed by atoms with E-state index in [0.29, 0.717) is 16.1 Å². The van der Waals surface area contributed by atoms with Gasteiger partial charge in [0.2, 0.25) is 11.0 Å². The molecule has 2 rings (SSSR count). The molecule has 0 saturated heterocycles. The Morgan fingerprint density at radius 2 is 2.00 bits per heavy atom. The smallest absolute Gasteiger partial charge is 0.319 e. The van der Waals surface area contributed by atoms with E-state index in [0.717, 1.165) is 11.3 Å². The van der Waals surface area contributed by atoms with Gasteiger partial charge in [0.15, 0.2) is 4.34 Å². The van der Waals surface area contributed by atoms with E-state index in [2.05, 4.69) is 15.5 Å². The number of thioether (sulfide) groups is 1. The summed E-state index contributed by atoms with van der Waals surface area (Å²) in [6.45, 7) is 3.84. The van der Waals surface area contributed by atoms with Crippen molar-refractivity contribution in [2.75, 3.05) is 19.0 Å². The molecule has 0 saturated carbocycles. The lowest BCUT2D eigenvalue weighted by atomic mass is 10.1. The van der Waals surface area contributed by atoms with Gasteiger partial charge in [0.25, 0.3) is 0 Å². The van der Waals surface area contributed by atoms with Crippen LogP contribution in [0.3, 0.4) is 0 Å². The van der Waals surface area contributed by atoms with Crippen LogP contribution in [0.15, 0.2) is 28.6 Å². The molecular formula is C16H19N3O4S2. The number of hydrogen-bond donors (Lipinski definition) is 1. The molecule has 1 N–H and O–H groups in total. The van der Waals surface area contributed by atoms with Crippen molar-refractivity contribution in [3.8, 4) is 5.75 Å². The summed E-state index contributed by atoms with van der Waals surface area (Å²) in [7, 11) is 1.59. The van der Waals surface area contributed by atoms with Crippen LogP contribution in [0.4, 0.5) is 5.13 Å². The summed E-state index contributed by atoms with van der Waals surface area (Å²) in [4.78, 5) is 23.7. The Morgan fingerprint density at radius 1 is 1.28 bits per heavy atom. The molecule has 2 aromatic rings. The molecule has 1 aromatic heterocycles. The van der Waals surface area contributed by atoms with Crippen LogP contribution in [0.25, 0.3) is 0 Å². The van der Waals surface area contributed by atoms with E-state index in [9.17, 15) is 9.59 Å². The Morgan fingerprint density at radius 3 is 2.64 bits per heavy atom. The van der Waals surface area contributed by atoms with Gasteiger partial charge in [-0.05, 0) is 31.5 Å². The molecule has 0 aliphatic carbocycles. The summed E-state index contributed by atoms with van der Waals surface area (Å²) in [6, 6.07) is 7.28. The number of rotatable bonds is 8. The predicted octanol–water partition coefficient (Wildman–Crippen LogP) is 2.77. The molecule has 0 spiro atoms. The molecule has 1 atom stereocenters. The summed E-state index contributed by atoms with van der Waals surface area (Å²) in [5.74, 6) is 0.259. The number of hydrogen-bond acceptors (Lipinski definition) is 8. The second-order valence-electron chi connectivity index (χ2n) is 4.96. The van der Waals surface area contributed by atoms with E-state index < -0.39 is 0 Å². The lowest BCUT2D eigenvalue weighted by molar-refractivity contribution is -0.142. The minimum Gasteiger partial charge on any atom is -0.497 e. The third-order valence-electron chi connectivity index (χ3n) is 3.07. The summed E-state index contributed by atoms with van der Waals surface area (Å²) in [5, 5.41) is 10.6. The molecule has 1 aromatic carbocycles. The Hall–Kier alpha value is -2.13. The number of amides is 1. The van der Waals surface area contributed by atoms with E-state index in [4.69, 9.17) is 9.47 Å². The molecule has 0 aliphatic rings. The molecule has 9 heteroatoms. The van der Waals surface area contributed by atoms with Crippen LogP contribution in [0.5, 0.6) is 5.75 Å². The molecule has 0 radical (unpaired) electrons. The van der Waals surface area contributed by atoms with Crippen LogP contribution in [-0.4, -0.2) is 41.0 Å². The minimum absolute atomic E-state index is 0.184. The normalized spacial score (nSPS) is 11.6. The molecule has 0 aliphatic heterocycles. The van der Waals surface area contributed by atoms with Gasteiger partial charge in [-0.25, -0.2) is 0 Å². The van der Waals surface area contributed by atoms with Gasteiger partial charge in [0, 0.05) is 0 Å². The number of benzene rings is 1. The summed E-state index contributed by atoms with van der Waals surface area (Å²) >= 11 is 2.48. The maximum atomic E-state index is 12.1. The van der Waals surface area contributed by atoms with Gasteiger partial charge in [0.1, 0.15) is 11.0 Å². The van der Waals surface area contributed by atoms with Crippen LogP contribution in [0.2, 0.25) is 0 Å². The fourth-order valence-corrected chi connectivity index (χ4v) is 3.77. The molecule has 7 nitrogen and oxygen atoms in total. The highest BCUT2D eigenvalue weighted by Crippen LogP contribution is 2.29. The Kier molecular flexibility index (Phi) is 7.20. The number of carbonyl (C=O) groups is 2. The first kappa shape index (κ1) is 19.2. The number of aromatic nitrogens is 2. The fourth-order valence-electron chi connectivity index (χ4n) is 1.86. The van der Waals surface area contributed by atoms with Crippen molar-refractivity contribution in [2.45, 2.75) is 29.9 Å². The van der Waals surface area contributed by atoms with Crippen LogP contribution in [0, 0.1) is 0 Å². The van der Waals surface area contributed by atoms with Crippen molar-refractivity contribution in [3.63, 3.8) is 0 Å². The topological polar surface area (TPSA) is 90.4 Å². The van der Waals surface area contributed by atoms with Gasteiger partial charge in [-0.2, -0.15) is 0 Å². The zero-order valence-corrected chi connectivity index (χ0v) is 15.8. The molecular weight excluding hydrogens is 362 g/mol. The maximum Gasteiger partial charge on any atom is 0.319 e. The van der Waals surface area contributed by atoms with E-state index in [-0.39, 0.29) is 23.5 Å². The second-order valence-corrected chi connectivity index (χ2v) is 7.52. The van der Waals surface area contributed by atoms with Crippen LogP contribution in [-0.2, 0) is 20.7 Å². The van der Waals surface area contributed by atoms with Gasteiger partial charge in [-0.3, -0.25) is 9.59 Å². The SMILES string of the molecule is CCOC(=O)[C@H](C)Sc1nnc(NC(=O)Cc2ccc(OC)cc2)s1. The number of methoxy groups -OCH3 is 1. The Bertz CT molecular complexity index is 718. The average Bonchev–Trinajstić information content (AvgIpc) is 3.02. The third-order valence-corrected chi connectivity index (χ3v) is 5.07. The zero-order valence-electron chi connectivity index (χ0n) is 14.1. The number of anilines is 1. The summed E-state index contributed by atoms with van der Waals surface area (Å²) in [6.07, 6.45) is 0.227. The average molecular weight is 381 g/mol. The number of carbonyl (C=O) groups excluding carboxylic acids is 2. The molecule has 25 heavy (non-hydrogen) atoms. The van der Waals surface area contributed by atoms with Crippen molar-refractivity contribution in [1.29, 1.82) is 0 Å². The maximum absolute atomic E-state index is 12.1. The minimum atomic E-state index is -0.379. The number of nitrogens with zero attached hydrogens (tertiary/aromatic N) is 2. The Labute approximate surface area is 154 Å². The highest BCUT2D eigenvalue weighted by Gasteiger charge is 2.18. The van der Waals surface area contributed by atoms with E-state index >= 15 is 0 Å². The lowest BCUT2D eigenvalue weighted by Gasteiger charge is -2.06. The number of ether oxygens (including phenoxy) is 2. The van der Waals surface area contributed by atoms with Gasteiger partial charge < -0.3 is 14.8 Å². The van der Waals surface area contributed by atoms with Gasteiger partial charge in [-0.1, -0.05) is 35.2 Å². The van der Waals surface area contributed by atoms with Crippen LogP contribution >= 0.6 is 23.1 Å². The first-order valence-electron chi connectivity index (χ1n) is 7.61. The monoisotopic (exact) mass is 381 g/mol. The van der Waals surface area contributed by atoms with Crippen molar-refractivity contribution in [1.82, 2.24) is 10.2 Å². The Balaban J connectivity index is 1.87. The van der Waals surface area contributed by atoms with Crippen molar-refractivity contribution in [2.24, 2.45) is 0 Å². The van der Waals surface area contributed by atoms with Crippen molar-refractivity contribution >= 4 is 40.1 Å². The second kappa shape index (κ2) is 9.38. The lowest BCUT2D eigenvalue weighted by Crippen LogP contribution is -2.16. The van der Waals surface area contributed by atoms with Gasteiger partial charge >= 0.3 is 5.97 Å². The van der Waals surface area contributed by atoms with E-state index in [1.165, 1.54) is 23.1 Å². The van der Waals surface area contributed by atoms with Crippen molar-refractivity contribution < 1.29 is 19.1 Å². The molecule has 1 heterocycles. The van der Waals surface area contributed by atoms with Gasteiger partial charge in [0.05, 0.1) is 20.1 Å². The number of nitrogens with one attached hydrogen (secondary N) is 1. The molecule has 1 amide bonds. The number of esters is 1. The molecule has 0 fully saturated rings. The summed E-state index contributed by atoms with van der Waals surface area (Å²) < 4.78 is 10.6. The highest BCUT2D eigenvalue weighted by molar-refractivity contribution is 8.02. The first-order chi connectivity index (χ1) is 12.0. The third kappa shape index (κ3) is 6.02. The van der Waals surface area contributed by atoms with Crippen LogP contribution < -0.4 is 10.1 Å². The largest absolute Gasteiger partial charge is 0.497 e. The molecule has 134 valence electrons. The highest BCUT2D eigenvalue weighted by atomic mass is 32.2. The fraction of sp³-hybridized carbons (Fsp3) is 0.375. The predicted molar refractivity (Wildman–Crippen MR) is 97.2 cm³/mol. The van der Waals surface area contributed by atoms with E-state index in [1.807, 2.05) is 12.1 Å². The van der Waals surface area contributed by atoms with Crippen LogP contribution in [0.1, 0.15) is 19.4 Å². The van der Waals surface area contributed by atoms with Crippen molar-refractivity contribution in [3.05, 3.63) is 29.8 Å². The quantitative estimate of drug-likeness (QED) is 0.427. The standard InChI is InChI=1S/C16H19N3O4S2/c1-4-23-14(21)10(2)24-16-19-18-15(25-16)17-13(20)9-11-5-7-12(22-3)8-6-11/h5-8,10H,4,9H2,1-3H3,(H,17,18,20)/t10-/m0/s1. The van der Waals surface area contributed by atoms with Gasteiger partial charge in [-0.15, -0.1) is 10.2 Å².